The summed E-state index contributed by atoms with van der Waals surface area (Å²) in [6.07, 6.45) is 5.13. The molecule has 1 heterocycles. The van der Waals surface area contributed by atoms with Crippen molar-refractivity contribution in [2.75, 3.05) is 19.2 Å². The molecule has 0 saturated heterocycles. The van der Waals surface area contributed by atoms with E-state index >= 15 is 0 Å². The smallest absolute Gasteiger partial charge is 0.231 e. The number of rotatable bonds is 3. The third-order valence-electron chi connectivity index (χ3n) is 3.73. The third kappa shape index (κ3) is 2.25. The number of hydrogen-bond acceptors (Lipinski definition) is 4. The molecule has 1 N–H and O–H groups in total. The van der Waals surface area contributed by atoms with E-state index in [0.717, 1.165) is 30.0 Å². The first kappa shape index (κ1) is 11.7. The van der Waals surface area contributed by atoms with Crippen molar-refractivity contribution >= 4 is 5.69 Å². The van der Waals surface area contributed by atoms with Gasteiger partial charge in [0.25, 0.3) is 0 Å². The van der Waals surface area contributed by atoms with Crippen molar-refractivity contribution in [3.63, 3.8) is 0 Å². The van der Waals surface area contributed by atoms with Gasteiger partial charge in [-0.3, -0.25) is 0 Å². The Morgan fingerprint density at radius 3 is 2.89 bits per heavy atom. The van der Waals surface area contributed by atoms with Crippen molar-refractivity contribution in [1.29, 1.82) is 0 Å². The van der Waals surface area contributed by atoms with Gasteiger partial charge in [0, 0.05) is 18.9 Å². The second-order valence-corrected chi connectivity index (χ2v) is 4.88. The molecule has 2 atom stereocenters. The molecular weight excluding hydrogens is 230 g/mol. The molecule has 18 heavy (non-hydrogen) atoms. The highest BCUT2D eigenvalue weighted by atomic mass is 16.7. The lowest BCUT2D eigenvalue weighted by Gasteiger charge is -2.31. The van der Waals surface area contributed by atoms with Crippen LogP contribution >= 0.6 is 0 Å². The average molecular weight is 249 g/mol. The zero-order chi connectivity index (χ0) is 12.4. The fraction of sp³-hybridized carbons (Fsp3) is 0.571. The second-order valence-electron chi connectivity index (χ2n) is 4.88. The van der Waals surface area contributed by atoms with Crippen LogP contribution in [0.1, 0.15) is 25.7 Å². The number of benzene rings is 1. The molecule has 2 unspecified atom stereocenters. The van der Waals surface area contributed by atoms with Gasteiger partial charge in [0.05, 0.1) is 12.1 Å². The lowest BCUT2D eigenvalue weighted by Crippen LogP contribution is -2.37. The summed E-state index contributed by atoms with van der Waals surface area (Å²) in [7, 11) is 1.80. The molecule has 2 aliphatic rings. The van der Waals surface area contributed by atoms with Gasteiger partial charge in [0.2, 0.25) is 6.79 Å². The van der Waals surface area contributed by atoms with Gasteiger partial charge in [-0.1, -0.05) is 12.8 Å². The predicted molar refractivity (Wildman–Crippen MR) is 69.2 cm³/mol. The molecule has 0 radical (unpaired) electrons. The van der Waals surface area contributed by atoms with Crippen LogP contribution in [0.5, 0.6) is 11.5 Å². The van der Waals surface area contributed by atoms with Crippen molar-refractivity contribution in [2.24, 2.45) is 0 Å². The van der Waals surface area contributed by atoms with Crippen LogP contribution in [0.3, 0.4) is 0 Å². The Morgan fingerprint density at radius 1 is 1.17 bits per heavy atom. The first-order valence-corrected chi connectivity index (χ1v) is 6.56. The van der Waals surface area contributed by atoms with Gasteiger partial charge in [0.15, 0.2) is 11.5 Å². The highest BCUT2D eigenvalue weighted by molar-refractivity contribution is 5.56. The normalized spacial score (nSPS) is 26.1. The Morgan fingerprint density at radius 2 is 2.00 bits per heavy atom. The van der Waals surface area contributed by atoms with E-state index in [4.69, 9.17) is 14.2 Å². The first-order chi connectivity index (χ1) is 8.86. The molecule has 0 spiro atoms. The lowest BCUT2D eigenvalue weighted by atomic mass is 9.92. The highest BCUT2D eigenvalue weighted by Gasteiger charge is 2.25. The van der Waals surface area contributed by atoms with Crippen molar-refractivity contribution in [3.05, 3.63) is 18.2 Å². The zero-order valence-electron chi connectivity index (χ0n) is 10.6. The van der Waals surface area contributed by atoms with Crippen molar-refractivity contribution < 1.29 is 14.2 Å². The Hall–Kier alpha value is -1.42. The van der Waals surface area contributed by atoms with Gasteiger partial charge in [-0.15, -0.1) is 0 Å². The maximum Gasteiger partial charge on any atom is 0.231 e. The molecule has 4 nitrogen and oxygen atoms in total. The summed E-state index contributed by atoms with van der Waals surface area (Å²) in [6.45, 7) is 0.322. The van der Waals surface area contributed by atoms with Gasteiger partial charge in [0.1, 0.15) is 0 Å². The highest BCUT2D eigenvalue weighted by Crippen LogP contribution is 2.35. The molecule has 0 amide bonds. The lowest BCUT2D eigenvalue weighted by molar-refractivity contribution is 0.0606. The second kappa shape index (κ2) is 5.06. The van der Waals surface area contributed by atoms with Crippen LogP contribution in [-0.2, 0) is 4.74 Å². The molecule has 1 aromatic carbocycles. The van der Waals surface area contributed by atoms with E-state index in [9.17, 15) is 0 Å². The molecule has 1 aliphatic heterocycles. The molecular formula is C14H19NO3. The molecule has 1 fully saturated rings. The summed E-state index contributed by atoms with van der Waals surface area (Å²) >= 11 is 0. The zero-order valence-corrected chi connectivity index (χ0v) is 10.6. The van der Waals surface area contributed by atoms with Gasteiger partial charge in [-0.05, 0) is 25.0 Å². The summed E-state index contributed by atoms with van der Waals surface area (Å²) < 4.78 is 16.2. The Bertz CT molecular complexity index is 422. The van der Waals surface area contributed by atoms with Crippen molar-refractivity contribution in [3.8, 4) is 11.5 Å². The van der Waals surface area contributed by atoms with E-state index in [-0.39, 0.29) is 0 Å². The topological polar surface area (TPSA) is 39.7 Å². The number of methoxy groups -OCH3 is 1. The van der Waals surface area contributed by atoms with Crippen molar-refractivity contribution in [2.45, 2.75) is 37.8 Å². The molecule has 0 aromatic heterocycles. The standard InChI is InChI=1S/C14H19NO3/c1-16-12-5-3-2-4-11(12)15-10-6-7-13-14(8-10)18-9-17-13/h6-8,11-12,15H,2-5,9H2,1H3. The number of hydrogen-bond donors (Lipinski definition) is 1. The monoisotopic (exact) mass is 249 g/mol. The molecule has 1 aliphatic carbocycles. The average Bonchev–Trinajstić information content (AvgIpc) is 2.87. The Labute approximate surface area is 107 Å². The van der Waals surface area contributed by atoms with E-state index in [1.165, 1.54) is 12.8 Å². The molecule has 4 heteroatoms. The maximum absolute atomic E-state index is 5.55. The summed E-state index contributed by atoms with van der Waals surface area (Å²) in [5.41, 5.74) is 1.08. The first-order valence-electron chi connectivity index (χ1n) is 6.56. The largest absolute Gasteiger partial charge is 0.454 e. The van der Waals surface area contributed by atoms with Crippen LogP contribution < -0.4 is 14.8 Å². The molecule has 98 valence electrons. The van der Waals surface area contributed by atoms with E-state index in [1.54, 1.807) is 7.11 Å². The van der Waals surface area contributed by atoms with Crippen LogP contribution in [0.4, 0.5) is 5.69 Å². The van der Waals surface area contributed by atoms with Crippen LogP contribution in [-0.4, -0.2) is 26.0 Å². The Balaban J connectivity index is 1.71. The predicted octanol–water partition coefficient (Wildman–Crippen LogP) is 2.78. The number of anilines is 1. The maximum atomic E-state index is 5.55. The van der Waals surface area contributed by atoms with E-state index in [1.807, 2.05) is 18.2 Å². The van der Waals surface area contributed by atoms with Gasteiger partial charge < -0.3 is 19.5 Å². The summed E-state index contributed by atoms with van der Waals surface area (Å²) in [5.74, 6) is 1.65. The van der Waals surface area contributed by atoms with E-state index in [2.05, 4.69) is 5.32 Å². The fourth-order valence-corrected chi connectivity index (χ4v) is 2.74. The minimum Gasteiger partial charge on any atom is -0.454 e. The van der Waals surface area contributed by atoms with Crippen LogP contribution in [0.15, 0.2) is 18.2 Å². The Kier molecular flexibility index (Phi) is 3.28. The summed E-state index contributed by atoms with van der Waals surface area (Å²) in [6, 6.07) is 6.39. The van der Waals surface area contributed by atoms with Crippen molar-refractivity contribution in [1.82, 2.24) is 0 Å². The van der Waals surface area contributed by atoms with Gasteiger partial charge in [-0.2, -0.15) is 0 Å². The van der Waals surface area contributed by atoms with E-state index < -0.39 is 0 Å². The number of fused-ring (bicyclic) bond motifs is 1. The SMILES string of the molecule is COC1CCCCC1Nc1ccc2c(c1)OCO2. The number of ether oxygens (including phenoxy) is 3. The fourth-order valence-electron chi connectivity index (χ4n) is 2.74. The van der Waals surface area contributed by atoms with E-state index in [0.29, 0.717) is 18.9 Å². The molecule has 1 saturated carbocycles. The van der Waals surface area contributed by atoms with Crippen LogP contribution in [0.2, 0.25) is 0 Å². The molecule has 1 aromatic rings. The third-order valence-corrected chi connectivity index (χ3v) is 3.73. The van der Waals surface area contributed by atoms with Crippen LogP contribution in [0.25, 0.3) is 0 Å². The van der Waals surface area contributed by atoms with Crippen LogP contribution in [0, 0.1) is 0 Å². The summed E-state index contributed by atoms with van der Waals surface area (Å²) in [5, 5.41) is 3.55. The van der Waals surface area contributed by atoms with Gasteiger partial charge in [-0.25, -0.2) is 0 Å². The van der Waals surface area contributed by atoms with Gasteiger partial charge >= 0.3 is 0 Å². The minimum atomic E-state index is 0.309. The summed E-state index contributed by atoms with van der Waals surface area (Å²) in [4.78, 5) is 0. The minimum absolute atomic E-state index is 0.309. The molecule has 0 bridgehead atoms. The molecule has 3 rings (SSSR count). The quantitative estimate of drug-likeness (QED) is 0.894. The number of nitrogens with one attached hydrogen (secondary N) is 1.